The molecule has 36 heavy (non-hydrogen) atoms. The molecule has 0 fully saturated rings. The van der Waals surface area contributed by atoms with Crippen LogP contribution in [-0.2, 0) is 11.8 Å². The van der Waals surface area contributed by atoms with Crippen LogP contribution in [-0.4, -0.2) is 11.2 Å². The molecule has 3 nitrogen and oxygen atoms in total. The van der Waals surface area contributed by atoms with Crippen molar-refractivity contribution in [1.82, 2.24) is 0 Å². The zero-order chi connectivity index (χ0) is 25.8. The monoisotopic (exact) mass is 482 g/mol. The van der Waals surface area contributed by atoms with E-state index in [1.807, 2.05) is 31.4 Å². The van der Waals surface area contributed by atoms with Gasteiger partial charge < -0.3 is 9.15 Å². The fourth-order valence-electron chi connectivity index (χ4n) is 6.88. The number of hydrogen-bond acceptors (Lipinski definition) is 2. The predicted octanol–water partition coefficient (Wildman–Crippen LogP) is 7.83. The largest absolute Gasteiger partial charge is 0.454 e. The van der Waals surface area contributed by atoms with Crippen molar-refractivity contribution in [3.63, 3.8) is 0 Å². The Bertz CT molecular complexity index is 1660. The Hall–Kier alpha value is -3.24. The Balaban J connectivity index is 1.66. The van der Waals surface area contributed by atoms with E-state index in [1.54, 1.807) is 6.07 Å². The van der Waals surface area contributed by atoms with Gasteiger partial charge in [-0.3, -0.25) is 0 Å². The molecule has 2 aliphatic rings. The first-order valence-electron chi connectivity index (χ1n) is 12.6. The molecule has 1 aliphatic heterocycles. The highest BCUT2D eigenvalue weighted by Gasteiger charge is 2.54. The molecule has 0 spiro atoms. The summed E-state index contributed by atoms with van der Waals surface area (Å²) in [5.41, 5.74) is 7.18. The summed E-state index contributed by atoms with van der Waals surface area (Å²) in [7, 11) is 2.03. The lowest BCUT2D eigenvalue weighted by atomic mass is 9.72. The molecule has 184 valence electrons. The summed E-state index contributed by atoms with van der Waals surface area (Å²) in [6.07, 6.45) is 4.18. The van der Waals surface area contributed by atoms with Crippen molar-refractivity contribution >= 4 is 27.5 Å². The van der Waals surface area contributed by atoms with E-state index in [0.717, 1.165) is 44.3 Å². The van der Waals surface area contributed by atoms with Crippen LogP contribution in [0.15, 0.2) is 70.3 Å². The quantitative estimate of drug-likeness (QED) is 0.272. The number of nitrogens with zero attached hydrogens (tertiary/aromatic N) is 1. The molecule has 2 aromatic carbocycles. The van der Waals surface area contributed by atoms with Gasteiger partial charge in [0.15, 0.2) is 6.20 Å². The van der Waals surface area contributed by atoms with E-state index < -0.39 is 16.6 Å². The van der Waals surface area contributed by atoms with Gasteiger partial charge in [-0.2, -0.15) is 0 Å². The number of pyridine rings is 1. The zero-order valence-electron chi connectivity index (χ0n) is 22.3. The summed E-state index contributed by atoms with van der Waals surface area (Å²) in [4.78, 5) is 0. The Morgan fingerprint density at radius 3 is 2.14 bits per heavy atom. The average Bonchev–Trinajstić information content (AvgIpc) is 3.35. The van der Waals surface area contributed by atoms with Crippen molar-refractivity contribution in [3.05, 3.63) is 82.8 Å². The maximum Gasteiger partial charge on any atom is 0.216 e. The lowest BCUT2D eigenvalue weighted by Gasteiger charge is -2.36. The number of allylic oxidation sites excluding steroid dienone is 1. The Morgan fingerprint density at radius 1 is 0.806 bits per heavy atom. The highest BCUT2D eigenvalue weighted by Crippen LogP contribution is 2.60. The SMILES string of the molecule is Cc1ccc2c(oc3c(C4=CC5=C(C(C)(C)OC5(C)C)C4(C)C)c(F)ccc32)c1-c1cccc[n+]1C. The van der Waals surface area contributed by atoms with E-state index in [0.29, 0.717) is 11.1 Å². The number of hydrogen-bond donors (Lipinski definition) is 0. The smallest absolute Gasteiger partial charge is 0.216 e. The molecule has 0 saturated carbocycles. The van der Waals surface area contributed by atoms with Crippen LogP contribution < -0.4 is 4.57 Å². The van der Waals surface area contributed by atoms with Gasteiger partial charge in [0.05, 0.1) is 22.3 Å². The Kier molecular flexibility index (Phi) is 4.61. The maximum absolute atomic E-state index is 15.8. The summed E-state index contributed by atoms with van der Waals surface area (Å²) in [6, 6.07) is 13.8. The van der Waals surface area contributed by atoms with Gasteiger partial charge in [-0.05, 0) is 75.1 Å². The molecule has 0 amide bonds. The Labute approximate surface area is 211 Å². The number of rotatable bonds is 2. The van der Waals surface area contributed by atoms with E-state index in [4.69, 9.17) is 9.15 Å². The third kappa shape index (κ3) is 2.97. The predicted molar refractivity (Wildman–Crippen MR) is 143 cm³/mol. The first kappa shape index (κ1) is 23.2. The van der Waals surface area contributed by atoms with Crippen LogP contribution in [0.4, 0.5) is 4.39 Å². The fourth-order valence-corrected chi connectivity index (χ4v) is 6.88. The van der Waals surface area contributed by atoms with Gasteiger partial charge in [-0.1, -0.05) is 32.1 Å². The van der Waals surface area contributed by atoms with Gasteiger partial charge in [-0.25, -0.2) is 8.96 Å². The van der Waals surface area contributed by atoms with Crippen molar-refractivity contribution in [2.45, 2.75) is 59.7 Å². The van der Waals surface area contributed by atoms with E-state index in [-0.39, 0.29) is 5.82 Å². The molecule has 4 heteroatoms. The average molecular weight is 483 g/mol. The standard InChI is InChI=1S/C32H33FNO2/c1-18-12-13-19-20-14-15-23(33)26(28(20)35-27(19)25(18)24-11-9-10-16-34(24)8)21-17-22-29(30(21,2)3)32(6,7)36-31(22,4)5/h9-17H,1-8H3/q+1. The molecule has 0 saturated heterocycles. The van der Waals surface area contributed by atoms with E-state index in [9.17, 15) is 0 Å². The Morgan fingerprint density at radius 2 is 1.47 bits per heavy atom. The van der Waals surface area contributed by atoms with Crippen molar-refractivity contribution in [2.75, 3.05) is 0 Å². The van der Waals surface area contributed by atoms with Gasteiger partial charge in [0.1, 0.15) is 24.0 Å². The van der Waals surface area contributed by atoms with Crippen molar-refractivity contribution in [1.29, 1.82) is 0 Å². The van der Waals surface area contributed by atoms with Crippen LogP contribution in [0.5, 0.6) is 0 Å². The molecular formula is C32H33FNO2+. The molecular weight excluding hydrogens is 449 g/mol. The fraction of sp³-hybridized carbons (Fsp3) is 0.344. The van der Waals surface area contributed by atoms with Crippen LogP contribution >= 0.6 is 0 Å². The minimum Gasteiger partial charge on any atom is -0.454 e. The summed E-state index contributed by atoms with van der Waals surface area (Å²) in [6.45, 7) is 14.9. The lowest BCUT2D eigenvalue weighted by Crippen LogP contribution is -2.35. The minimum atomic E-state index is -0.442. The summed E-state index contributed by atoms with van der Waals surface area (Å²) in [5.74, 6) is -0.262. The van der Waals surface area contributed by atoms with Crippen molar-refractivity contribution in [2.24, 2.45) is 12.5 Å². The summed E-state index contributed by atoms with van der Waals surface area (Å²) < 4.78 is 31.0. The molecule has 3 heterocycles. The normalized spacial score (nSPS) is 19.9. The highest BCUT2D eigenvalue weighted by molar-refractivity contribution is 6.12. The van der Waals surface area contributed by atoms with Gasteiger partial charge >= 0.3 is 0 Å². The summed E-state index contributed by atoms with van der Waals surface area (Å²) in [5, 5.41) is 1.93. The van der Waals surface area contributed by atoms with Gasteiger partial charge in [0.2, 0.25) is 5.69 Å². The van der Waals surface area contributed by atoms with Gasteiger partial charge in [0.25, 0.3) is 0 Å². The minimum absolute atomic E-state index is 0.262. The molecule has 0 radical (unpaired) electrons. The molecule has 6 rings (SSSR count). The third-order valence-corrected chi connectivity index (χ3v) is 8.16. The number of fused-ring (bicyclic) bond motifs is 3. The topological polar surface area (TPSA) is 26.2 Å². The number of halogens is 1. The van der Waals surface area contributed by atoms with Crippen molar-refractivity contribution < 1.29 is 18.1 Å². The van der Waals surface area contributed by atoms with Crippen LogP contribution in [0, 0.1) is 18.2 Å². The second kappa shape index (κ2) is 7.17. The molecule has 2 aromatic heterocycles. The number of aromatic nitrogens is 1. The van der Waals surface area contributed by atoms with E-state index in [1.165, 1.54) is 5.57 Å². The van der Waals surface area contributed by atoms with Crippen molar-refractivity contribution in [3.8, 4) is 11.3 Å². The highest BCUT2D eigenvalue weighted by atomic mass is 19.1. The first-order valence-corrected chi connectivity index (χ1v) is 12.6. The van der Waals surface area contributed by atoms with Gasteiger partial charge in [-0.15, -0.1) is 0 Å². The molecule has 0 N–H and O–H groups in total. The maximum atomic E-state index is 15.8. The number of aryl methyl sites for hydroxylation is 2. The number of furan rings is 1. The van der Waals surface area contributed by atoms with Crippen LogP contribution in [0.2, 0.25) is 0 Å². The van der Waals surface area contributed by atoms with E-state index >= 15 is 4.39 Å². The second-order valence-electron chi connectivity index (χ2n) is 11.8. The second-order valence-corrected chi connectivity index (χ2v) is 11.8. The molecule has 0 bridgehead atoms. The number of ether oxygens (including phenoxy) is 1. The first-order chi connectivity index (χ1) is 16.8. The third-order valence-electron chi connectivity index (χ3n) is 8.16. The van der Waals surface area contributed by atoms with Crippen LogP contribution in [0.1, 0.15) is 52.7 Å². The molecule has 0 unspecified atom stereocenters. The van der Waals surface area contributed by atoms with Crippen LogP contribution in [0.25, 0.3) is 38.8 Å². The van der Waals surface area contributed by atoms with Gasteiger partial charge in [0, 0.05) is 28.3 Å². The lowest BCUT2D eigenvalue weighted by molar-refractivity contribution is -0.660. The molecule has 0 atom stereocenters. The number of benzene rings is 2. The van der Waals surface area contributed by atoms with Crippen LogP contribution in [0.3, 0.4) is 0 Å². The summed E-state index contributed by atoms with van der Waals surface area (Å²) >= 11 is 0. The molecule has 1 aliphatic carbocycles. The van der Waals surface area contributed by atoms with E-state index in [2.05, 4.69) is 77.3 Å². The molecule has 4 aromatic rings. The zero-order valence-corrected chi connectivity index (χ0v) is 22.3.